The van der Waals surface area contributed by atoms with E-state index in [-0.39, 0.29) is 6.61 Å². The molecule has 0 bridgehead atoms. The molecule has 148 valence electrons. The minimum absolute atomic E-state index is 0.268. The van der Waals surface area contributed by atoms with Gasteiger partial charge in [0.15, 0.2) is 0 Å². The van der Waals surface area contributed by atoms with Crippen LogP contribution in [0.2, 0.25) is 5.02 Å². The Hall–Kier alpha value is -3.29. The van der Waals surface area contributed by atoms with E-state index in [1.807, 2.05) is 54.7 Å². The molecule has 2 aromatic heterocycles. The zero-order valence-corrected chi connectivity index (χ0v) is 17.3. The van der Waals surface area contributed by atoms with E-state index < -0.39 is 0 Å². The van der Waals surface area contributed by atoms with Gasteiger partial charge in [0.1, 0.15) is 18.0 Å². The second-order valence-corrected chi connectivity index (χ2v) is 7.73. The van der Waals surface area contributed by atoms with Crippen molar-refractivity contribution in [3.8, 4) is 17.1 Å². The highest BCUT2D eigenvalue weighted by Gasteiger charge is 2.15. The molecule has 0 spiro atoms. The van der Waals surface area contributed by atoms with E-state index in [0.717, 1.165) is 45.0 Å². The number of hydrogen-bond acceptors (Lipinski definition) is 6. The third-order valence-corrected chi connectivity index (χ3v) is 5.47. The topological polar surface area (TPSA) is 65.7 Å². The van der Waals surface area contributed by atoms with Crippen molar-refractivity contribution in [2.75, 3.05) is 0 Å². The number of aromatic nitrogens is 5. The molecule has 0 radical (unpaired) electrons. The van der Waals surface area contributed by atoms with Crippen molar-refractivity contribution in [1.82, 2.24) is 23.7 Å². The van der Waals surface area contributed by atoms with Crippen LogP contribution in [0.25, 0.3) is 22.0 Å². The average molecular weight is 434 g/mol. The van der Waals surface area contributed by atoms with Gasteiger partial charge in [-0.15, -0.1) is 9.47 Å². The van der Waals surface area contributed by atoms with Crippen LogP contribution in [0.3, 0.4) is 0 Å². The summed E-state index contributed by atoms with van der Waals surface area (Å²) in [7, 11) is 0. The summed E-state index contributed by atoms with van der Waals surface area (Å²) < 4.78 is 16.5. The summed E-state index contributed by atoms with van der Waals surface area (Å²) in [5.74, 6) is 0.503. The van der Waals surface area contributed by atoms with Crippen LogP contribution in [-0.2, 0) is 13.2 Å². The summed E-state index contributed by atoms with van der Waals surface area (Å²) in [6.07, 6.45) is 1.87. The van der Waals surface area contributed by atoms with Crippen LogP contribution in [0, 0.1) is 0 Å². The van der Waals surface area contributed by atoms with Gasteiger partial charge in [-0.2, -0.15) is 4.37 Å². The fourth-order valence-electron chi connectivity index (χ4n) is 3.27. The number of nitrogens with zero attached hydrogens (tertiary/aromatic N) is 5. The molecule has 0 amide bonds. The van der Waals surface area contributed by atoms with E-state index in [4.69, 9.17) is 16.3 Å². The first-order chi connectivity index (χ1) is 14.8. The molecule has 0 aliphatic carbocycles. The minimum atomic E-state index is 0.268. The molecule has 0 N–H and O–H groups in total. The Morgan fingerprint density at radius 3 is 2.67 bits per heavy atom. The Kier molecular flexibility index (Phi) is 5.13. The lowest BCUT2D eigenvalue weighted by Crippen LogP contribution is -2.00. The maximum absolute atomic E-state index is 5.95. The summed E-state index contributed by atoms with van der Waals surface area (Å²) >= 11 is 7.07. The predicted molar refractivity (Wildman–Crippen MR) is 118 cm³/mol. The lowest BCUT2D eigenvalue weighted by Gasteiger charge is -2.06. The summed E-state index contributed by atoms with van der Waals surface area (Å²) in [6.45, 7) is 0.882. The predicted octanol–water partition coefficient (Wildman–Crippen LogP) is 5.23. The van der Waals surface area contributed by atoms with Gasteiger partial charge in [0, 0.05) is 10.6 Å². The number of ether oxygens (including phenoxy) is 1. The maximum atomic E-state index is 5.95. The monoisotopic (exact) mass is 433 g/mol. The Balaban J connectivity index is 1.32. The van der Waals surface area contributed by atoms with E-state index in [0.29, 0.717) is 17.4 Å². The van der Waals surface area contributed by atoms with Crippen molar-refractivity contribution < 1.29 is 4.74 Å². The molecule has 0 aliphatic rings. The standard InChI is InChI=1S/C22H16ClN5OS/c23-17-10-8-15(9-11-17)12-28-13-18(24-27-28)14-29-22-21(25-30-26-22)20-7-3-5-16-4-1-2-6-19(16)20/h1-11,13H,12,14H2. The molecule has 30 heavy (non-hydrogen) atoms. The molecule has 0 fully saturated rings. The number of rotatable bonds is 6. The van der Waals surface area contributed by atoms with Gasteiger partial charge in [0.25, 0.3) is 5.88 Å². The fraction of sp³-hybridized carbons (Fsp3) is 0.0909. The van der Waals surface area contributed by atoms with Gasteiger partial charge in [-0.1, -0.05) is 71.4 Å². The quantitative estimate of drug-likeness (QED) is 0.367. The molecule has 5 aromatic rings. The SMILES string of the molecule is Clc1ccc(Cn2cc(COc3nsnc3-c3cccc4ccccc34)nn2)cc1. The Morgan fingerprint density at radius 2 is 1.77 bits per heavy atom. The van der Waals surface area contributed by atoms with Crippen molar-refractivity contribution in [3.05, 3.63) is 89.2 Å². The molecule has 0 aliphatic heterocycles. The van der Waals surface area contributed by atoms with Crippen molar-refractivity contribution in [1.29, 1.82) is 0 Å². The van der Waals surface area contributed by atoms with Crippen LogP contribution in [0.1, 0.15) is 11.3 Å². The Bertz CT molecular complexity index is 1290. The van der Waals surface area contributed by atoms with Gasteiger partial charge in [-0.3, -0.25) is 0 Å². The van der Waals surface area contributed by atoms with Gasteiger partial charge in [-0.25, -0.2) is 4.68 Å². The van der Waals surface area contributed by atoms with Crippen LogP contribution in [0.4, 0.5) is 0 Å². The third kappa shape index (κ3) is 3.90. The van der Waals surface area contributed by atoms with Crippen molar-refractivity contribution in [2.24, 2.45) is 0 Å². The maximum Gasteiger partial charge on any atom is 0.254 e. The van der Waals surface area contributed by atoms with Gasteiger partial charge < -0.3 is 4.74 Å². The number of hydrogen-bond donors (Lipinski definition) is 0. The summed E-state index contributed by atoms with van der Waals surface area (Å²) in [4.78, 5) is 0. The third-order valence-electron chi connectivity index (χ3n) is 4.70. The van der Waals surface area contributed by atoms with Crippen LogP contribution < -0.4 is 4.74 Å². The molecular weight excluding hydrogens is 418 g/mol. The van der Waals surface area contributed by atoms with E-state index in [1.54, 1.807) is 4.68 Å². The molecular formula is C22H16ClN5OS. The second-order valence-electron chi connectivity index (χ2n) is 6.77. The lowest BCUT2D eigenvalue weighted by molar-refractivity contribution is 0.293. The molecule has 5 rings (SSSR count). The highest BCUT2D eigenvalue weighted by molar-refractivity contribution is 6.99. The van der Waals surface area contributed by atoms with E-state index >= 15 is 0 Å². The number of fused-ring (bicyclic) bond motifs is 1. The van der Waals surface area contributed by atoms with E-state index in [9.17, 15) is 0 Å². The van der Waals surface area contributed by atoms with Crippen LogP contribution in [0.5, 0.6) is 5.88 Å². The smallest absolute Gasteiger partial charge is 0.254 e. The van der Waals surface area contributed by atoms with Crippen LogP contribution >= 0.6 is 23.3 Å². The zero-order chi connectivity index (χ0) is 20.3. The normalized spacial score (nSPS) is 11.1. The lowest BCUT2D eigenvalue weighted by atomic mass is 10.0. The van der Waals surface area contributed by atoms with Gasteiger partial charge >= 0.3 is 0 Å². The summed E-state index contributed by atoms with van der Waals surface area (Å²) in [6, 6.07) is 22.0. The summed E-state index contributed by atoms with van der Waals surface area (Å²) in [5.41, 5.74) is 3.56. The van der Waals surface area contributed by atoms with Crippen LogP contribution in [0.15, 0.2) is 72.9 Å². The first kappa shape index (κ1) is 18.7. The molecule has 0 atom stereocenters. The average Bonchev–Trinajstić information content (AvgIpc) is 3.43. The Morgan fingerprint density at radius 1 is 0.933 bits per heavy atom. The molecule has 0 saturated carbocycles. The van der Waals surface area contributed by atoms with Crippen molar-refractivity contribution >= 4 is 34.1 Å². The van der Waals surface area contributed by atoms with Gasteiger partial charge in [-0.05, 0) is 28.5 Å². The molecule has 8 heteroatoms. The largest absolute Gasteiger partial charge is 0.469 e. The second kappa shape index (κ2) is 8.22. The first-order valence-electron chi connectivity index (χ1n) is 9.33. The molecule has 0 unspecified atom stereocenters. The van der Waals surface area contributed by atoms with E-state index in [1.165, 1.54) is 0 Å². The van der Waals surface area contributed by atoms with Gasteiger partial charge in [0.05, 0.1) is 24.5 Å². The van der Waals surface area contributed by atoms with Gasteiger partial charge in [0.2, 0.25) is 0 Å². The zero-order valence-electron chi connectivity index (χ0n) is 15.8. The molecule has 6 nitrogen and oxygen atoms in total. The first-order valence-corrected chi connectivity index (χ1v) is 10.4. The highest BCUT2D eigenvalue weighted by atomic mass is 35.5. The molecule has 2 heterocycles. The van der Waals surface area contributed by atoms with Crippen LogP contribution in [-0.4, -0.2) is 23.7 Å². The van der Waals surface area contributed by atoms with E-state index in [2.05, 4.69) is 37.3 Å². The highest BCUT2D eigenvalue weighted by Crippen LogP contribution is 2.33. The summed E-state index contributed by atoms with van der Waals surface area (Å²) in [5, 5.41) is 11.4. The van der Waals surface area contributed by atoms with Crippen molar-refractivity contribution in [3.63, 3.8) is 0 Å². The number of halogens is 1. The molecule has 0 saturated heterocycles. The Labute approximate surface area is 182 Å². The number of benzene rings is 3. The molecule has 3 aromatic carbocycles. The minimum Gasteiger partial charge on any atom is -0.469 e. The van der Waals surface area contributed by atoms with Crippen molar-refractivity contribution in [2.45, 2.75) is 13.2 Å². The fourth-order valence-corrected chi connectivity index (χ4v) is 3.91.